The van der Waals surface area contributed by atoms with Gasteiger partial charge in [-0.1, -0.05) is 0 Å². The number of halogens is 1. The number of carbonyl (C=O) groups is 2. The third kappa shape index (κ3) is 3.23. The first kappa shape index (κ1) is 13.6. The van der Waals surface area contributed by atoms with Crippen molar-refractivity contribution in [2.45, 2.75) is 26.3 Å². The van der Waals surface area contributed by atoms with Crippen LogP contribution in [0, 0.1) is 0 Å². The van der Waals surface area contributed by atoms with Crippen molar-refractivity contribution in [2.75, 3.05) is 6.54 Å². The van der Waals surface area contributed by atoms with Gasteiger partial charge in [-0.15, -0.1) is 0 Å². The van der Waals surface area contributed by atoms with Gasteiger partial charge in [0, 0.05) is 5.54 Å². The molecule has 0 atom stereocenters. The molecule has 1 rings (SSSR count). The molecule has 5 nitrogen and oxygen atoms in total. The van der Waals surface area contributed by atoms with Gasteiger partial charge < -0.3 is 14.4 Å². The second-order valence-corrected chi connectivity index (χ2v) is 4.91. The Hall–Kier alpha value is -1.49. The lowest BCUT2D eigenvalue weighted by molar-refractivity contribution is -0.138. The average Bonchev–Trinajstić information content (AvgIpc) is 2.58. The number of hydrogen-bond acceptors (Lipinski definition) is 3. The molecule has 0 aliphatic heterocycles. The number of carbonyl (C=O) groups excluding carboxylic acids is 1. The van der Waals surface area contributed by atoms with Crippen LogP contribution >= 0.6 is 11.6 Å². The molecule has 0 aliphatic rings. The number of carboxylic acid groups (broad SMARTS) is 1. The molecule has 0 unspecified atom stereocenters. The molecule has 0 spiro atoms. The molecule has 0 aliphatic carbocycles. The van der Waals surface area contributed by atoms with Crippen molar-refractivity contribution in [2.24, 2.45) is 0 Å². The number of furan rings is 1. The Bertz CT molecular complexity index is 433. The van der Waals surface area contributed by atoms with Crippen molar-refractivity contribution >= 4 is 23.5 Å². The molecule has 1 amide bonds. The summed E-state index contributed by atoms with van der Waals surface area (Å²) in [5, 5.41) is 8.78. The number of carboxylic acids is 1. The molecule has 0 fully saturated rings. The molecule has 1 N–H and O–H groups in total. The minimum atomic E-state index is -1.08. The standard InChI is InChI=1S/C11H14ClNO4/c1-11(2,3)13(6-8(14)15)10(16)7-4-5-17-9(7)12/h4-5H,6H2,1-3H3,(H,14,15). The maximum atomic E-state index is 12.1. The summed E-state index contributed by atoms with van der Waals surface area (Å²) in [6.45, 7) is 4.87. The van der Waals surface area contributed by atoms with Crippen LogP contribution in [-0.2, 0) is 4.79 Å². The molecular weight excluding hydrogens is 246 g/mol. The lowest BCUT2D eigenvalue weighted by Gasteiger charge is -2.34. The van der Waals surface area contributed by atoms with Crippen LogP contribution in [0.1, 0.15) is 31.1 Å². The van der Waals surface area contributed by atoms with Crippen molar-refractivity contribution in [1.29, 1.82) is 0 Å². The molecule has 6 heteroatoms. The molecular formula is C11H14ClNO4. The van der Waals surface area contributed by atoms with Gasteiger partial charge in [0.25, 0.3) is 5.91 Å². The fraction of sp³-hybridized carbons (Fsp3) is 0.455. The minimum Gasteiger partial charge on any atom is -0.480 e. The Kier molecular flexibility index (Phi) is 3.83. The van der Waals surface area contributed by atoms with Gasteiger partial charge in [0.2, 0.25) is 5.22 Å². The quantitative estimate of drug-likeness (QED) is 0.904. The van der Waals surface area contributed by atoms with E-state index in [4.69, 9.17) is 21.1 Å². The van der Waals surface area contributed by atoms with E-state index in [2.05, 4.69) is 0 Å². The van der Waals surface area contributed by atoms with E-state index in [0.29, 0.717) is 0 Å². The van der Waals surface area contributed by atoms with Crippen LogP contribution in [0.25, 0.3) is 0 Å². The monoisotopic (exact) mass is 259 g/mol. The second kappa shape index (κ2) is 4.79. The van der Waals surface area contributed by atoms with Crippen LogP contribution in [0.4, 0.5) is 0 Å². The van der Waals surface area contributed by atoms with Crippen molar-refractivity contribution in [1.82, 2.24) is 4.90 Å². The van der Waals surface area contributed by atoms with E-state index in [9.17, 15) is 9.59 Å². The number of nitrogens with zero attached hydrogens (tertiary/aromatic N) is 1. The zero-order valence-electron chi connectivity index (χ0n) is 9.86. The zero-order valence-corrected chi connectivity index (χ0v) is 10.6. The topological polar surface area (TPSA) is 70.8 Å². The number of amides is 1. The maximum Gasteiger partial charge on any atom is 0.323 e. The van der Waals surface area contributed by atoms with E-state index >= 15 is 0 Å². The van der Waals surface area contributed by atoms with Crippen molar-refractivity contribution in [3.8, 4) is 0 Å². The van der Waals surface area contributed by atoms with Crippen LogP contribution in [0.3, 0.4) is 0 Å². The van der Waals surface area contributed by atoms with Gasteiger partial charge in [0.1, 0.15) is 6.54 Å². The fourth-order valence-corrected chi connectivity index (χ4v) is 1.54. The minimum absolute atomic E-state index is 0.0327. The third-order valence-electron chi connectivity index (χ3n) is 2.20. The van der Waals surface area contributed by atoms with Crippen molar-refractivity contribution in [3.05, 3.63) is 23.1 Å². The number of aliphatic carboxylic acids is 1. The van der Waals surface area contributed by atoms with Crippen LogP contribution in [0.2, 0.25) is 5.22 Å². The average molecular weight is 260 g/mol. The normalized spacial score (nSPS) is 11.3. The maximum absolute atomic E-state index is 12.1. The fourth-order valence-electron chi connectivity index (χ4n) is 1.34. The van der Waals surface area contributed by atoms with Crippen molar-refractivity contribution < 1.29 is 19.1 Å². The van der Waals surface area contributed by atoms with E-state index in [1.807, 2.05) is 0 Å². The van der Waals surface area contributed by atoms with Gasteiger partial charge in [0.15, 0.2) is 0 Å². The molecule has 0 saturated heterocycles. The van der Waals surface area contributed by atoms with E-state index < -0.39 is 17.4 Å². The summed E-state index contributed by atoms with van der Waals surface area (Å²) in [6, 6.07) is 1.42. The Morgan fingerprint density at radius 2 is 2.06 bits per heavy atom. The summed E-state index contributed by atoms with van der Waals surface area (Å²) < 4.78 is 4.82. The summed E-state index contributed by atoms with van der Waals surface area (Å²) in [6.07, 6.45) is 1.29. The van der Waals surface area contributed by atoms with Crippen LogP contribution in [-0.4, -0.2) is 34.0 Å². The van der Waals surface area contributed by atoms with Gasteiger partial charge in [-0.3, -0.25) is 9.59 Å². The SMILES string of the molecule is CC(C)(C)N(CC(=O)O)C(=O)c1ccoc1Cl. The summed E-state index contributed by atoms with van der Waals surface area (Å²) in [7, 11) is 0. The Labute approximate surface area is 104 Å². The highest BCUT2D eigenvalue weighted by molar-refractivity contribution is 6.32. The van der Waals surface area contributed by atoms with Gasteiger partial charge in [0.05, 0.1) is 11.8 Å². The summed E-state index contributed by atoms with van der Waals surface area (Å²) in [4.78, 5) is 24.1. The molecule has 0 radical (unpaired) electrons. The first-order valence-electron chi connectivity index (χ1n) is 5.00. The van der Waals surface area contributed by atoms with E-state index in [0.717, 1.165) is 0 Å². The van der Waals surface area contributed by atoms with Crippen LogP contribution in [0.5, 0.6) is 0 Å². The summed E-state index contributed by atoms with van der Waals surface area (Å²) >= 11 is 5.70. The Balaban J connectivity index is 3.04. The molecule has 1 aromatic heterocycles. The van der Waals surface area contributed by atoms with Gasteiger partial charge in [-0.05, 0) is 38.4 Å². The molecule has 0 saturated carbocycles. The molecule has 1 heterocycles. The van der Waals surface area contributed by atoms with Gasteiger partial charge >= 0.3 is 5.97 Å². The van der Waals surface area contributed by atoms with Crippen LogP contribution < -0.4 is 0 Å². The Morgan fingerprint density at radius 1 is 1.47 bits per heavy atom. The van der Waals surface area contributed by atoms with E-state index in [1.54, 1.807) is 20.8 Å². The highest BCUT2D eigenvalue weighted by Crippen LogP contribution is 2.22. The molecule has 94 valence electrons. The first-order chi connectivity index (χ1) is 7.73. The summed E-state index contributed by atoms with van der Waals surface area (Å²) in [5.74, 6) is -1.54. The third-order valence-corrected chi connectivity index (χ3v) is 2.49. The lowest BCUT2D eigenvalue weighted by Crippen LogP contribution is -2.48. The summed E-state index contributed by atoms with van der Waals surface area (Å²) in [5.41, 5.74) is -0.446. The largest absolute Gasteiger partial charge is 0.480 e. The van der Waals surface area contributed by atoms with E-state index in [1.165, 1.54) is 17.2 Å². The zero-order chi connectivity index (χ0) is 13.2. The smallest absolute Gasteiger partial charge is 0.323 e. The predicted octanol–water partition coefficient (Wildman–Crippen LogP) is 2.26. The number of hydrogen-bond donors (Lipinski definition) is 1. The van der Waals surface area contributed by atoms with Gasteiger partial charge in [-0.2, -0.15) is 0 Å². The second-order valence-electron chi connectivity index (χ2n) is 4.56. The number of rotatable bonds is 3. The molecule has 0 bridgehead atoms. The highest BCUT2D eigenvalue weighted by atomic mass is 35.5. The Morgan fingerprint density at radius 3 is 2.41 bits per heavy atom. The van der Waals surface area contributed by atoms with Crippen LogP contribution in [0.15, 0.2) is 16.7 Å². The molecule has 1 aromatic rings. The van der Waals surface area contributed by atoms with E-state index in [-0.39, 0.29) is 17.3 Å². The van der Waals surface area contributed by atoms with Crippen molar-refractivity contribution in [3.63, 3.8) is 0 Å². The first-order valence-corrected chi connectivity index (χ1v) is 5.38. The molecule has 0 aromatic carbocycles. The van der Waals surface area contributed by atoms with Gasteiger partial charge in [-0.25, -0.2) is 0 Å². The highest BCUT2D eigenvalue weighted by Gasteiger charge is 2.31. The molecule has 17 heavy (non-hydrogen) atoms. The predicted molar refractivity (Wildman–Crippen MR) is 62.1 cm³/mol. The lowest BCUT2D eigenvalue weighted by atomic mass is 10.0.